The number of aromatic nitrogens is 1. The summed E-state index contributed by atoms with van der Waals surface area (Å²) in [4.78, 5) is 52.9. The number of rotatable bonds is 9. The predicted octanol–water partition coefficient (Wildman–Crippen LogP) is 3.88. The van der Waals surface area contributed by atoms with E-state index in [1.165, 1.54) is 25.6 Å². The molecular weight excluding hydrogens is 416 g/mol. The Kier molecular flexibility index (Phi) is 8.21. The molecule has 0 bridgehead atoms. The van der Waals surface area contributed by atoms with Gasteiger partial charge in [0, 0.05) is 22.2 Å². The number of aromatic amines is 1. The van der Waals surface area contributed by atoms with E-state index in [4.69, 9.17) is 4.74 Å². The largest absolute Gasteiger partial charge is 0.451 e. The monoisotopic (exact) mass is 444 g/mol. The first-order chi connectivity index (χ1) is 14.5. The molecule has 1 aromatic carbocycles. The second kappa shape index (κ2) is 10.4. The Morgan fingerprint density at radius 1 is 1.10 bits per heavy atom. The highest BCUT2D eigenvalue weighted by Gasteiger charge is 2.27. The summed E-state index contributed by atoms with van der Waals surface area (Å²) in [6.07, 6.45) is -1.05. The summed E-state index contributed by atoms with van der Waals surface area (Å²) in [6.45, 7) is 10.1. The van der Waals surface area contributed by atoms with Crippen molar-refractivity contribution in [2.24, 2.45) is 0 Å². The van der Waals surface area contributed by atoms with E-state index < -0.39 is 17.9 Å². The van der Waals surface area contributed by atoms with E-state index in [2.05, 4.69) is 10.3 Å². The number of benzene rings is 1. The molecule has 2 N–H and O–H groups in total. The van der Waals surface area contributed by atoms with Crippen LogP contribution >= 0.6 is 11.8 Å². The van der Waals surface area contributed by atoms with Crippen molar-refractivity contribution in [3.8, 4) is 0 Å². The Bertz CT molecular complexity index is 1010. The number of Topliss-reactive ketones (excluding diaryl/α,β-unsaturated/α-hetero) is 2. The Labute approximate surface area is 186 Å². The minimum absolute atomic E-state index is 0.0313. The first-order valence-corrected chi connectivity index (χ1v) is 11.0. The molecule has 0 aliphatic heterocycles. The van der Waals surface area contributed by atoms with Gasteiger partial charge < -0.3 is 15.0 Å². The van der Waals surface area contributed by atoms with Crippen molar-refractivity contribution in [1.29, 1.82) is 0 Å². The number of H-pyrrole nitrogens is 1. The van der Waals surface area contributed by atoms with Gasteiger partial charge in [0.1, 0.15) is 0 Å². The summed E-state index contributed by atoms with van der Waals surface area (Å²) in [5.41, 5.74) is 2.17. The van der Waals surface area contributed by atoms with Crippen LogP contribution in [-0.2, 0) is 9.53 Å². The highest BCUT2D eigenvalue weighted by Crippen LogP contribution is 2.25. The van der Waals surface area contributed by atoms with E-state index in [0.29, 0.717) is 21.7 Å². The summed E-state index contributed by atoms with van der Waals surface area (Å²) in [5.74, 6) is -1.18. The van der Waals surface area contributed by atoms with Gasteiger partial charge in [-0.15, -0.1) is 11.8 Å². The zero-order chi connectivity index (χ0) is 23.3. The Balaban J connectivity index is 2.13. The number of amides is 1. The minimum Gasteiger partial charge on any atom is -0.451 e. The summed E-state index contributed by atoms with van der Waals surface area (Å²) < 4.78 is 5.42. The molecule has 1 unspecified atom stereocenters. The van der Waals surface area contributed by atoms with Crippen LogP contribution in [0, 0.1) is 13.8 Å². The molecule has 166 valence electrons. The highest BCUT2D eigenvalue weighted by atomic mass is 32.2. The number of hydrogen-bond donors (Lipinski definition) is 2. The first kappa shape index (κ1) is 24.4. The topological polar surface area (TPSA) is 105 Å². The number of thioether (sulfide) groups is 1. The number of hydrogen-bond acceptors (Lipinski definition) is 6. The van der Waals surface area contributed by atoms with E-state index in [0.717, 1.165) is 0 Å². The van der Waals surface area contributed by atoms with Crippen LogP contribution in [0.4, 0.5) is 0 Å². The van der Waals surface area contributed by atoms with Gasteiger partial charge in [-0.05, 0) is 59.2 Å². The van der Waals surface area contributed by atoms with Crippen molar-refractivity contribution in [3.63, 3.8) is 0 Å². The maximum absolute atomic E-state index is 12.8. The van der Waals surface area contributed by atoms with Gasteiger partial charge in [0.05, 0.1) is 17.0 Å². The minimum atomic E-state index is -1.05. The fourth-order valence-electron chi connectivity index (χ4n) is 3.27. The van der Waals surface area contributed by atoms with E-state index in [9.17, 15) is 19.2 Å². The maximum Gasteiger partial charge on any atom is 0.339 e. The number of aryl methyl sites for hydroxylation is 1. The summed E-state index contributed by atoms with van der Waals surface area (Å²) in [5, 5.41) is 2.80. The SMILES string of the molecule is CC(=O)c1c(C)[nH]c(C(=O)C(C)OC(=O)c2ccccc2SCC(=O)NC(C)C)c1C. The fraction of sp³-hybridized carbons (Fsp3) is 0.391. The molecule has 1 aromatic heterocycles. The Morgan fingerprint density at radius 2 is 1.74 bits per heavy atom. The van der Waals surface area contributed by atoms with Crippen LogP contribution in [-0.4, -0.2) is 46.3 Å². The number of ether oxygens (including phenoxy) is 1. The van der Waals surface area contributed by atoms with Gasteiger partial charge in [-0.1, -0.05) is 12.1 Å². The lowest BCUT2D eigenvalue weighted by Gasteiger charge is -2.14. The molecule has 31 heavy (non-hydrogen) atoms. The first-order valence-electron chi connectivity index (χ1n) is 9.99. The lowest BCUT2D eigenvalue weighted by Crippen LogP contribution is -2.31. The van der Waals surface area contributed by atoms with E-state index in [1.807, 2.05) is 13.8 Å². The quantitative estimate of drug-likeness (QED) is 0.345. The lowest BCUT2D eigenvalue weighted by atomic mass is 10.0. The van der Waals surface area contributed by atoms with Gasteiger partial charge in [0.2, 0.25) is 11.7 Å². The van der Waals surface area contributed by atoms with Crippen LogP contribution < -0.4 is 5.32 Å². The van der Waals surface area contributed by atoms with Crippen LogP contribution in [0.1, 0.15) is 70.2 Å². The molecule has 1 atom stereocenters. The fourth-order valence-corrected chi connectivity index (χ4v) is 4.12. The zero-order valence-electron chi connectivity index (χ0n) is 18.6. The van der Waals surface area contributed by atoms with Gasteiger partial charge in [-0.3, -0.25) is 14.4 Å². The molecule has 0 aliphatic rings. The normalized spacial score (nSPS) is 11.8. The standard InChI is InChI=1S/C23H28N2O5S/c1-12(2)24-19(27)11-31-18-10-8-7-9-17(18)23(29)30-16(6)22(28)21-13(3)20(15(5)26)14(4)25-21/h7-10,12,16,25H,11H2,1-6H3,(H,24,27). The summed E-state index contributed by atoms with van der Waals surface area (Å²) in [7, 11) is 0. The van der Waals surface area contributed by atoms with Gasteiger partial charge in [-0.25, -0.2) is 4.79 Å². The van der Waals surface area contributed by atoms with E-state index >= 15 is 0 Å². The second-order valence-electron chi connectivity index (χ2n) is 7.60. The van der Waals surface area contributed by atoms with Crippen molar-refractivity contribution >= 4 is 35.2 Å². The van der Waals surface area contributed by atoms with Crippen molar-refractivity contribution in [2.45, 2.75) is 58.6 Å². The lowest BCUT2D eigenvalue weighted by molar-refractivity contribution is -0.119. The van der Waals surface area contributed by atoms with E-state index in [-0.39, 0.29) is 34.7 Å². The zero-order valence-corrected chi connectivity index (χ0v) is 19.4. The molecule has 0 radical (unpaired) electrons. The van der Waals surface area contributed by atoms with Crippen LogP contribution in [0.5, 0.6) is 0 Å². The molecule has 0 fully saturated rings. The van der Waals surface area contributed by atoms with Crippen molar-refractivity contribution in [2.75, 3.05) is 5.75 Å². The van der Waals surface area contributed by atoms with Crippen molar-refractivity contribution < 1.29 is 23.9 Å². The summed E-state index contributed by atoms with van der Waals surface area (Å²) in [6, 6.07) is 6.82. The molecule has 1 amide bonds. The van der Waals surface area contributed by atoms with Crippen LogP contribution in [0.25, 0.3) is 0 Å². The molecule has 8 heteroatoms. The molecular formula is C23H28N2O5S. The maximum atomic E-state index is 12.8. The molecule has 0 saturated heterocycles. The van der Waals surface area contributed by atoms with Crippen LogP contribution in [0.2, 0.25) is 0 Å². The Hall–Kier alpha value is -2.87. The Morgan fingerprint density at radius 3 is 2.32 bits per heavy atom. The molecule has 2 rings (SSSR count). The number of carbonyl (C=O) groups excluding carboxylic acids is 4. The highest BCUT2D eigenvalue weighted by molar-refractivity contribution is 8.00. The number of ketones is 2. The third kappa shape index (κ3) is 6.07. The van der Waals surface area contributed by atoms with Crippen molar-refractivity contribution in [1.82, 2.24) is 10.3 Å². The molecule has 0 saturated carbocycles. The van der Waals surface area contributed by atoms with Gasteiger partial charge in [-0.2, -0.15) is 0 Å². The second-order valence-corrected chi connectivity index (χ2v) is 8.62. The van der Waals surface area contributed by atoms with Crippen molar-refractivity contribution in [3.05, 3.63) is 52.3 Å². The molecule has 0 aliphatic carbocycles. The summed E-state index contributed by atoms with van der Waals surface area (Å²) >= 11 is 1.23. The molecule has 0 spiro atoms. The number of nitrogens with one attached hydrogen (secondary N) is 2. The van der Waals surface area contributed by atoms with Crippen LogP contribution in [0.3, 0.4) is 0 Å². The van der Waals surface area contributed by atoms with Gasteiger partial charge in [0.15, 0.2) is 11.9 Å². The molecule has 1 heterocycles. The van der Waals surface area contributed by atoms with Gasteiger partial charge in [0.25, 0.3) is 0 Å². The van der Waals surface area contributed by atoms with Crippen LogP contribution in [0.15, 0.2) is 29.2 Å². The third-order valence-electron chi connectivity index (χ3n) is 4.60. The molecule has 7 nitrogen and oxygen atoms in total. The number of esters is 1. The average Bonchev–Trinajstić information content (AvgIpc) is 2.99. The number of carbonyl (C=O) groups is 4. The smallest absolute Gasteiger partial charge is 0.339 e. The van der Waals surface area contributed by atoms with Gasteiger partial charge >= 0.3 is 5.97 Å². The predicted molar refractivity (Wildman–Crippen MR) is 120 cm³/mol. The average molecular weight is 445 g/mol. The third-order valence-corrected chi connectivity index (χ3v) is 5.68. The van der Waals surface area contributed by atoms with E-state index in [1.54, 1.807) is 38.1 Å². The molecule has 2 aromatic rings.